The van der Waals surface area contributed by atoms with Gasteiger partial charge in [-0.1, -0.05) is 31.2 Å². The number of phenolic OH excluding ortho intramolecular Hbond substituents is 1. The minimum absolute atomic E-state index is 0.103. The molecule has 3 N–H and O–H groups in total. The molecule has 0 aliphatic carbocycles. The van der Waals surface area contributed by atoms with E-state index in [2.05, 4.69) is 0 Å². The van der Waals surface area contributed by atoms with E-state index in [4.69, 9.17) is 19.9 Å². The number of hydrogen-bond donors (Lipinski definition) is 3. The summed E-state index contributed by atoms with van der Waals surface area (Å²) in [6, 6.07) is 3.83. The van der Waals surface area contributed by atoms with Crippen LogP contribution in [0.25, 0.3) is 0 Å². The van der Waals surface area contributed by atoms with E-state index in [0.717, 1.165) is 23.1 Å². The molecule has 0 radical (unpaired) electrons. The molecule has 0 aliphatic heterocycles. The molecule has 21 heavy (non-hydrogen) atoms. The number of hydrogen-bond acceptors (Lipinski definition) is 6. The zero-order chi connectivity index (χ0) is 15.7. The maximum atomic E-state index is 10.3. The van der Waals surface area contributed by atoms with E-state index >= 15 is 0 Å². The fourth-order valence-electron chi connectivity index (χ4n) is 2.11. The first kappa shape index (κ1) is 17.9. The van der Waals surface area contributed by atoms with Crippen LogP contribution in [0.15, 0.2) is 12.1 Å². The molecular formula is C15H25NO5. The van der Waals surface area contributed by atoms with E-state index in [1.807, 2.05) is 26.0 Å². The average molecular weight is 299 g/mol. The number of rotatable bonds is 10. The molecule has 0 aromatic heterocycles. The van der Waals surface area contributed by atoms with E-state index < -0.39 is 0 Å². The van der Waals surface area contributed by atoms with Gasteiger partial charge in [-0.15, -0.1) is 0 Å². The fourth-order valence-corrected chi connectivity index (χ4v) is 2.11. The lowest BCUT2D eigenvalue weighted by Gasteiger charge is -2.22. The maximum absolute atomic E-state index is 10.3. The topological polar surface area (TPSA) is 82.4 Å². The largest absolute Gasteiger partial charge is 0.507 e. The second kappa shape index (κ2) is 9.70. The first-order chi connectivity index (χ1) is 10.2. The highest BCUT2D eigenvalue weighted by atomic mass is 16.9. The Morgan fingerprint density at radius 2 is 1.52 bits per heavy atom. The van der Waals surface area contributed by atoms with Crippen LogP contribution in [-0.2, 0) is 29.1 Å². The molecule has 0 bridgehead atoms. The third-order valence-corrected chi connectivity index (χ3v) is 3.15. The van der Waals surface area contributed by atoms with Crippen LogP contribution < -0.4 is 0 Å². The molecule has 0 aliphatic rings. The summed E-state index contributed by atoms with van der Waals surface area (Å²) in [6.45, 7) is 4.23. The van der Waals surface area contributed by atoms with Crippen molar-refractivity contribution in [1.82, 2.24) is 5.23 Å². The number of aromatic hydroxyl groups is 1. The summed E-state index contributed by atoms with van der Waals surface area (Å²) in [7, 11) is 0. The van der Waals surface area contributed by atoms with Crippen LogP contribution in [-0.4, -0.2) is 47.0 Å². The monoisotopic (exact) mass is 299 g/mol. The molecule has 0 spiro atoms. The van der Waals surface area contributed by atoms with E-state index in [9.17, 15) is 5.11 Å². The van der Waals surface area contributed by atoms with Gasteiger partial charge in [-0.25, -0.2) is 0 Å². The van der Waals surface area contributed by atoms with Crippen molar-refractivity contribution < 1.29 is 25.0 Å². The zero-order valence-electron chi connectivity index (χ0n) is 12.7. The number of aliphatic hydroxyl groups is 2. The van der Waals surface area contributed by atoms with Crippen LogP contribution in [0.1, 0.15) is 30.5 Å². The zero-order valence-corrected chi connectivity index (χ0v) is 12.7. The van der Waals surface area contributed by atoms with Crippen molar-refractivity contribution >= 4 is 0 Å². The second-order valence-corrected chi connectivity index (χ2v) is 4.52. The quantitative estimate of drug-likeness (QED) is 0.563. The normalized spacial score (nSPS) is 11.3. The molecule has 0 saturated carbocycles. The van der Waals surface area contributed by atoms with E-state index in [1.165, 1.54) is 5.23 Å². The van der Waals surface area contributed by atoms with Gasteiger partial charge in [0.05, 0.1) is 33.0 Å². The van der Waals surface area contributed by atoms with E-state index in [-0.39, 0.29) is 26.4 Å². The number of aryl methyl sites for hydroxylation is 1. The summed E-state index contributed by atoms with van der Waals surface area (Å²) in [5.41, 5.74) is 2.66. The molecule has 0 fully saturated rings. The number of benzene rings is 1. The lowest BCUT2D eigenvalue weighted by atomic mass is 9.99. The van der Waals surface area contributed by atoms with Crippen LogP contribution in [0.4, 0.5) is 0 Å². The lowest BCUT2D eigenvalue weighted by molar-refractivity contribution is -0.378. The SMILES string of the molecule is CCc1ccc(CN(OCCO)OCCO)c(CC)c1O. The molecular weight excluding hydrogens is 274 g/mol. The van der Waals surface area contributed by atoms with Gasteiger partial charge in [-0.3, -0.25) is 9.68 Å². The molecule has 1 aromatic carbocycles. The number of aliphatic hydroxyl groups excluding tert-OH is 2. The third kappa shape index (κ3) is 5.26. The Balaban J connectivity index is 2.88. The van der Waals surface area contributed by atoms with E-state index in [1.54, 1.807) is 0 Å². The van der Waals surface area contributed by atoms with Gasteiger partial charge in [0, 0.05) is 0 Å². The summed E-state index contributed by atoms with van der Waals surface area (Å²) in [5, 5.41) is 29.1. The van der Waals surface area contributed by atoms with Gasteiger partial charge >= 0.3 is 0 Å². The standard InChI is InChI=1S/C15H25NO5/c1-3-12-5-6-13(14(4-2)15(12)19)11-16(20-9-7-17)21-10-8-18/h5-6,17-19H,3-4,7-11H2,1-2H3. The van der Waals surface area contributed by atoms with Crippen molar-refractivity contribution in [3.8, 4) is 5.75 Å². The van der Waals surface area contributed by atoms with Crippen molar-refractivity contribution in [3.05, 3.63) is 28.8 Å². The van der Waals surface area contributed by atoms with Crippen LogP contribution in [0.3, 0.4) is 0 Å². The summed E-state index contributed by atoms with van der Waals surface area (Å²) >= 11 is 0. The number of hydroxylamine groups is 2. The van der Waals surface area contributed by atoms with Gasteiger partial charge < -0.3 is 15.3 Å². The highest BCUT2D eigenvalue weighted by Crippen LogP contribution is 2.28. The number of nitrogens with zero attached hydrogens (tertiary/aromatic N) is 1. The Labute approximate surface area is 125 Å². The fraction of sp³-hybridized carbons (Fsp3) is 0.600. The van der Waals surface area contributed by atoms with Crippen LogP contribution >= 0.6 is 0 Å². The van der Waals surface area contributed by atoms with E-state index in [0.29, 0.717) is 18.7 Å². The summed E-state index contributed by atoms with van der Waals surface area (Å²) < 4.78 is 0. The Bertz CT molecular complexity index is 417. The smallest absolute Gasteiger partial charge is 0.122 e. The molecule has 1 aromatic rings. The minimum Gasteiger partial charge on any atom is -0.507 e. The molecule has 1 rings (SSSR count). The Morgan fingerprint density at radius 1 is 0.952 bits per heavy atom. The maximum Gasteiger partial charge on any atom is 0.122 e. The molecule has 0 saturated heterocycles. The van der Waals surface area contributed by atoms with Crippen LogP contribution in [0.5, 0.6) is 5.75 Å². The summed E-state index contributed by atoms with van der Waals surface area (Å²) in [4.78, 5) is 10.5. The van der Waals surface area contributed by atoms with Gasteiger partial charge in [-0.05, 0) is 29.5 Å². The van der Waals surface area contributed by atoms with Gasteiger partial charge in [0.2, 0.25) is 0 Å². The molecule has 0 atom stereocenters. The predicted molar refractivity (Wildman–Crippen MR) is 78.5 cm³/mol. The number of phenols is 1. The average Bonchev–Trinajstić information content (AvgIpc) is 2.50. The third-order valence-electron chi connectivity index (χ3n) is 3.15. The van der Waals surface area contributed by atoms with Gasteiger partial charge in [0.25, 0.3) is 0 Å². The summed E-state index contributed by atoms with van der Waals surface area (Å²) in [6.07, 6.45) is 1.47. The Morgan fingerprint density at radius 3 is 2.00 bits per heavy atom. The van der Waals surface area contributed by atoms with Crippen LogP contribution in [0, 0.1) is 0 Å². The molecule has 0 heterocycles. The van der Waals surface area contributed by atoms with Crippen molar-refractivity contribution in [3.63, 3.8) is 0 Å². The first-order valence-corrected chi connectivity index (χ1v) is 7.25. The highest BCUT2D eigenvalue weighted by Gasteiger charge is 2.14. The van der Waals surface area contributed by atoms with Crippen molar-refractivity contribution in [2.45, 2.75) is 33.2 Å². The first-order valence-electron chi connectivity index (χ1n) is 7.25. The molecule has 0 unspecified atom stereocenters. The predicted octanol–water partition coefficient (Wildman–Crippen LogP) is 1.17. The lowest BCUT2D eigenvalue weighted by Crippen LogP contribution is -2.27. The second-order valence-electron chi connectivity index (χ2n) is 4.52. The molecule has 6 heteroatoms. The van der Waals surface area contributed by atoms with Gasteiger partial charge in [0.1, 0.15) is 5.75 Å². The molecule has 0 amide bonds. The Kier molecular flexibility index (Phi) is 8.26. The van der Waals surface area contributed by atoms with Crippen molar-refractivity contribution in [2.24, 2.45) is 0 Å². The van der Waals surface area contributed by atoms with Gasteiger partial charge in [0.15, 0.2) is 0 Å². The van der Waals surface area contributed by atoms with Crippen molar-refractivity contribution in [2.75, 3.05) is 26.4 Å². The molecule has 6 nitrogen and oxygen atoms in total. The minimum atomic E-state index is -0.125. The van der Waals surface area contributed by atoms with Gasteiger partial charge in [-0.2, -0.15) is 0 Å². The van der Waals surface area contributed by atoms with Crippen molar-refractivity contribution in [1.29, 1.82) is 0 Å². The summed E-state index contributed by atoms with van der Waals surface area (Å²) in [5.74, 6) is 0.321. The highest BCUT2D eigenvalue weighted by molar-refractivity contribution is 5.45. The molecule has 120 valence electrons. The van der Waals surface area contributed by atoms with Crippen LogP contribution in [0.2, 0.25) is 0 Å². The Hall–Kier alpha value is -1.18.